The highest BCUT2D eigenvalue weighted by Crippen LogP contribution is 2.25. The van der Waals surface area contributed by atoms with Gasteiger partial charge in [-0.05, 0) is 23.8 Å². The van der Waals surface area contributed by atoms with E-state index in [1.54, 1.807) is 24.3 Å². The van der Waals surface area contributed by atoms with E-state index in [9.17, 15) is 4.79 Å². The second-order valence-electron chi connectivity index (χ2n) is 3.13. The van der Waals surface area contributed by atoms with Crippen LogP contribution < -0.4 is 4.74 Å². The fourth-order valence-corrected chi connectivity index (χ4v) is 1.29. The van der Waals surface area contributed by atoms with Crippen LogP contribution in [0.4, 0.5) is 0 Å². The Labute approximate surface area is 110 Å². The quantitative estimate of drug-likeness (QED) is 0.296. The molecule has 0 amide bonds. The molecule has 0 aliphatic carbocycles. The Bertz CT molecular complexity index is 590. The lowest BCUT2D eigenvalue weighted by Gasteiger charge is -2.05. The predicted octanol–water partition coefficient (Wildman–Crippen LogP) is 2.50. The molecule has 0 saturated heterocycles. The second-order valence-corrected chi connectivity index (χ2v) is 3.62. The van der Waals surface area contributed by atoms with E-state index in [0.717, 1.165) is 6.08 Å². The van der Waals surface area contributed by atoms with Gasteiger partial charge in [0, 0.05) is 11.0 Å². The summed E-state index contributed by atoms with van der Waals surface area (Å²) in [7, 11) is 0. The van der Waals surface area contributed by atoms with Gasteiger partial charge in [-0.1, -0.05) is 12.6 Å². The van der Waals surface area contributed by atoms with Crippen molar-refractivity contribution < 1.29 is 9.53 Å². The van der Waals surface area contributed by atoms with Crippen LogP contribution in [0.25, 0.3) is 6.08 Å². The third-order valence-electron chi connectivity index (χ3n) is 1.91. The van der Waals surface area contributed by atoms with Gasteiger partial charge in [-0.25, -0.2) is 4.79 Å². The van der Waals surface area contributed by atoms with Crippen LogP contribution in [0.15, 0.2) is 41.3 Å². The summed E-state index contributed by atoms with van der Waals surface area (Å²) in [5.41, 5.74) is 0.528. The van der Waals surface area contributed by atoms with Crippen molar-refractivity contribution in [1.29, 1.82) is 10.5 Å². The number of carbonyl (C=O) groups is 1. The van der Waals surface area contributed by atoms with Gasteiger partial charge in [-0.3, -0.25) is 0 Å². The Morgan fingerprint density at radius 3 is 2.61 bits per heavy atom. The van der Waals surface area contributed by atoms with E-state index in [1.165, 1.54) is 12.1 Å². The molecule has 0 heterocycles. The van der Waals surface area contributed by atoms with Gasteiger partial charge in [0.25, 0.3) is 0 Å². The van der Waals surface area contributed by atoms with E-state index in [2.05, 4.69) is 19.2 Å². The molecule has 0 aromatic heterocycles. The number of hydrogen-bond acceptors (Lipinski definition) is 5. The Hall–Kier alpha value is -2.50. The first-order valence-corrected chi connectivity index (χ1v) is 5.24. The molecule has 0 fully saturated rings. The average molecular weight is 256 g/mol. The number of nitrogens with zero attached hydrogens (tertiary/aromatic N) is 2. The highest BCUT2D eigenvalue weighted by atomic mass is 32.1. The van der Waals surface area contributed by atoms with E-state index >= 15 is 0 Å². The Morgan fingerprint density at radius 2 is 2.06 bits per heavy atom. The number of allylic oxidation sites excluding steroid dienone is 1. The summed E-state index contributed by atoms with van der Waals surface area (Å²) in [4.78, 5) is 11.6. The third-order valence-corrected chi connectivity index (χ3v) is 2.28. The highest BCUT2D eigenvalue weighted by molar-refractivity contribution is 7.80. The van der Waals surface area contributed by atoms with Crippen LogP contribution in [0, 0.1) is 22.7 Å². The molecule has 1 rings (SSSR count). The topological polar surface area (TPSA) is 73.9 Å². The monoisotopic (exact) mass is 256 g/mol. The third kappa shape index (κ3) is 3.51. The summed E-state index contributed by atoms with van der Waals surface area (Å²) in [5, 5.41) is 17.3. The van der Waals surface area contributed by atoms with Gasteiger partial charge in [-0.2, -0.15) is 10.5 Å². The zero-order chi connectivity index (χ0) is 13.5. The summed E-state index contributed by atoms with van der Waals surface area (Å²) in [6.07, 6.45) is 2.42. The number of nitriles is 2. The van der Waals surface area contributed by atoms with Crippen LogP contribution >= 0.6 is 12.6 Å². The van der Waals surface area contributed by atoms with Crippen molar-refractivity contribution in [3.8, 4) is 17.9 Å². The highest BCUT2D eigenvalue weighted by Gasteiger charge is 2.05. The van der Waals surface area contributed by atoms with Crippen molar-refractivity contribution in [3.05, 3.63) is 42.0 Å². The van der Waals surface area contributed by atoms with Crippen molar-refractivity contribution in [2.75, 3.05) is 0 Å². The molecule has 0 saturated carbocycles. The van der Waals surface area contributed by atoms with E-state index < -0.39 is 5.97 Å². The molecule has 0 aliphatic heterocycles. The van der Waals surface area contributed by atoms with Gasteiger partial charge in [0.2, 0.25) is 0 Å². The molecular weight excluding hydrogens is 248 g/mol. The molecule has 88 valence electrons. The van der Waals surface area contributed by atoms with Gasteiger partial charge in [0.15, 0.2) is 0 Å². The lowest BCUT2D eigenvalue weighted by molar-refractivity contribution is -0.129. The minimum atomic E-state index is -0.604. The number of esters is 1. The summed E-state index contributed by atoms with van der Waals surface area (Å²) in [6.45, 7) is 3.29. The van der Waals surface area contributed by atoms with Crippen molar-refractivity contribution in [1.82, 2.24) is 0 Å². The summed E-state index contributed by atoms with van der Waals surface area (Å²) >= 11 is 4.13. The molecule has 0 bridgehead atoms. The van der Waals surface area contributed by atoms with Crippen LogP contribution in [0.1, 0.15) is 5.56 Å². The molecule has 0 atom stereocenters. The molecule has 0 aliphatic rings. The van der Waals surface area contributed by atoms with Crippen LogP contribution in [0.2, 0.25) is 0 Å². The van der Waals surface area contributed by atoms with Crippen molar-refractivity contribution >= 4 is 24.7 Å². The standard InChI is InChI=1S/C13H8N2O2S/c1-2-13(16)17-11-6-9(3-4-12(11)18)5-10(7-14)8-15/h2-6,18H,1H2. The van der Waals surface area contributed by atoms with Crippen molar-refractivity contribution in [2.24, 2.45) is 0 Å². The van der Waals surface area contributed by atoms with Gasteiger partial charge in [0.1, 0.15) is 23.5 Å². The smallest absolute Gasteiger partial charge is 0.335 e. The zero-order valence-electron chi connectivity index (χ0n) is 9.25. The van der Waals surface area contributed by atoms with Gasteiger partial charge in [0.05, 0.1) is 0 Å². The number of ether oxygens (including phenoxy) is 1. The fraction of sp³-hybridized carbons (Fsp3) is 0. The van der Waals surface area contributed by atoms with Crippen LogP contribution in [0.5, 0.6) is 5.75 Å². The van der Waals surface area contributed by atoms with Crippen LogP contribution in [0.3, 0.4) is 0 Å². The molecule has 0 unspecified atom stereocenters. The molecule has 1 aromatic rings. The lowest BCUT2D eigenvalue weighted by Crippen LogP contribution is -2.03. The maximum atomic E-state index is 11.1. The molecule has 0 radical (unpaired) electrons. The first kappa shape index (κ1) is 13.6. The summed E-state index contributed by atoms with van der Waals surface area (Å²) < 4.78 is 4.96. The minimum absolute atomic E-state index is 0.0390. The van der Waals surface area contributed by atoms with Gasteiger partial charge < -0.3 is 4.74 Å². The molecule has 0 N–H and O–H groups in total. The summed E-state index contributed by atoms with van der Waals surface area (Å²) in [6, 6.07) is 8.26. The van der Waals surface area contributed by atoms with E-state index in [0.29, 0.717) is 10.5 Å². The maximum absolute atomic E-state index is 11.1. The van der Waals surface area contributed by atoms with Gasteiger partial charge in [-0.15, -0.1) is 12.6 Å². The van der Waals surface area contributed by atoms with E-state index in [-0.39, 0.29) is 11.3 Å². The second kappa shape index (κ2) is 6.29. The molecule has 0 spiro atoms. The van der Waals surface area contributed by atoms with Crippen molar-refractivity contribution in [3.63, 3.8) is 0 Å². The lowest BCUT2D eigenvalue weighted by atomic mass is 10.1. The Kier molecular flexibility index (Phi) is 4.74. The van der Waals surface area contributed by atoms with Crippen molar-refractivity contribution in [2.45, 2.75) is 4.90 Å². The number of hydrogen-bond donors (Lipinski definition) is 1. The van der Waals surface area contributed by atoms with Gasteiger partial charge >= 0.3 is 5.97 Å². The number of carbonyl (C=O) groups excluding carboxylic acids is 1. The number of rotatable bonds is 3. The number of thiol groups is 1. The van der Waals surface area contributed by atoms with Crippen LogP contribution in [-0.4, -0.2) is 5.97 Å². The maximum Gasteiger partial charge on any atom is 0.335 e. The first-order chi connectivity index (χ1) is 8.60. The molecule has 1 aromatic carbocycles. The largest absolute Gasteiger partial charge is 0.422 e. The minimum Gasteiger partial charge on any atom is -0.422 e. The molecule has 5 heteroatoms. The SMILES string of the molecule is C=CC(=O)Oc1cc(C=C(C#N)C#N)ccc1S. The summed E-state index contributed by atoms with van der Waals surface area (Å²) in [5.74, 6) is -0.362. The normalized spacial score (nSPS) is 8.61. The van der Waals surface area contributed by atoms with E-state index in [4.69, 9.17) is 15.3 Å². The Balaban J connectivity index is 3.13. The fourth-order valence-electron chi connectivity index (χ4n) is 1.11. The van der Waals surface area contributed by atoms with E-state index in [1.807, 2.05) is 0 Å². The first-order valence-electron chi connectivity index (χ1n) is 4.80. The molecule has 18 heavy (non-hydrogen) atoms. The molecule has 4 nitrogen and oxygen atoms in total. The Morgan fingerprint density at radius 1 is 1.39 bits per heavy atom. The average Bonchev–Trinajstić information content (AvgIpc) is 2.39. The molecular formula is C13H8N2O2S. The predicted molar refractivity (Wildman–Crippen MR) is 68.7 cm³/mol. The zero-order valence-corrected chi connectivity index (χ0v) is 10.1. The number of benzene rings is 1. The van der Waals surface area contributed by atoms with Crippen LogP contribution in [-0.2, 0) is 4.79 Å².